The maximum absolute atomic E-state index is 13.8. The van der Waals surface area contributed by atoms with Crippen molar-refractivity contribution in [3.05, 3.63) is 137 Å². The predicted molar refractivity (Wildman–Crippen MR) is 297 cm³/mol. The van der Waals surface area contributed by atoms with Crippen LogP contribution in [0.15, 0.2) is 126 Å². The van der Waals surface area contributed by atoms with Gasteiger partial charge in [-0.15, -0.1) is 10.2 Å². The van der Waals surface area contributed by atoms with Crippen LogP contribution in [0.2, 0.25) is 5.02 Å². The van der Waals surface area contributed by atoms with Crippen molar-refractivity contribution in [1.29, 1.82) is 0 Å². The summed E-state index contributed by atoms with van der Waals surface area (Å²) in [6.45, 7) is 10.2. The van der Waals surface area contributed by atoms with Gasteiger partial charge in [-0.2, -0.15) is 27.1 Å². The number of hydrogen-bond acceptors (Lipinski definition) is 12. The average molecular weight is 1050 g/mol. The maximum Gasteiger partial charge on any atom is 0.315 e. The summed E-state index contributed by atoms with van der Waals surface area (Å²) in [7, 11) is 0. The van der Waals surface area contributed by atoms with E-state index in [1.54, 1.807) is 0 Å². The quantitative estimate of drug-likeness (QED) is 0.0607. The number of rotatable bonds is 15. The number of fused-ring (bicyclic) bond motifs is 3. The van der Waals surface area contributed by atoms with E-state index in [0.29, 0.717) is 64.4 Å². The molecule has 386 valence electrons. The van der Waals surface area contributed by atoms with Crippen LogP contribution in [-0.2, 0) is 17.9 Å². The van der Waals surface area contributed by atoms with Gasteiger partial charge in [-0.25, -0.2) is 14.2 Å². The number of aromatic amines is 1. The van der Waals surface area contributed by atoms with Crippen LogP contribution in [0.1, 0.15) is 25.7 Å². The third-order valence-electron chi connectivity index (χ3n) is 14.7. The molecular weight excluding hydrogens is 984 g/mol. The Morgan fingerprint density at radius 3 is 1.81 bits per heavy atom. The number of H-pyrrole nitrogens is 1. The molecule has 75 heavy (non-hydrogen) atoms. The molecule has 0 aliphatic carbocycles. The minimum Gasteiger partial charge on any atom is -0.340 e. The van der Waals surface area contributed by atoms with Crippen molar-refractivity contribution in [3.63, 3.8) is 0 Å². The molecule has 19 heteroatoms. The van der Waals surface area contributed by atoms with Crippen molar-refractivity contribution in [2.75, 3.05) is 71.2 Å². The molecule has 4 N–H and O–H groups in total. The van der Waals surface area contributed by atoms with E-state index in [0.717, 1.165) is 123 Å². The number of nitrogens with one attached hydrogen (secondary N) is 4. The fourth-order valence-corrected chi connectivity index (χ4v) is 12.5. The highest BCUT2D eigenvalue weighted by Crippen LogP contribution is 2.38. The number of urea groups is 1. The van der Waals surface area contributed by atoms with E-state index in [9.17, 15) is 14.4 Å². The number of piperazine rings is 2. The Kier molecular flexibility index (Phi) is 15.6. The van der Waals surface area contributed by atoms with Crippen molar-refractivity contribution in [2.45, 2.75) is 56.1 Å². The van der Waals surface area contributed by atoms with Crippen LogP contribution in [0.5, 0.6) is 0 Å². The number of amides is 3. The third kappa shape index (κ3) is 11.2. The zero-order valence-corrected chi connectivity index (χ0v) is 43.4. The zero-order valence-electron chi connectivity index (χ0n) is 41.8. The van der Waals surface area contributed by atoms with E-state index in [1.165, 1.54) is 0 Å². The molecule has 8 aromatic rings. The summed E-state index contributed by atoms with van der Waals surface area (Å²) in [5.74, 6) is 1.19. The molecule has 0 radical (unpaired) electrons. The third-order valence-corrected chi connectivity index (χ3v) is 16.6. The lowest BCUT2D eigenvalue weighted by Gasteiger charge is -2.34. The van der Waals surface area contributed by atoms with Gasteiger partial charge in [0.2, 0.25) is 11.3 Å². The van der Waals surface area contributed by atoms with E-state index in [-0.39, 0.29) is 29.5 Å². The summed E-state index contributed by atoms with van der Waals surface area (Å²) in [5, 5.41) is 38.3. The van der Waals surface area contributed by atoms with Crippen LogP contribution in [0, 0.1) is 0 Å². The molecule has 3 amide bonds. The number of carbonyl (C=O) groups is 2. The van der Waals surface area contributed by atoms with Gasteiger partial charge in [-0.05, 0) is 12.8 Å². The Labute approximate surface area is 444 Å². The second-order valence-corrected chi connectivity index (χ2v) is 21.1. The number of thioether (sulfide) groups is 1. The number of aromatic nitrogens is 8. The Bertz CT molecular complexity index is 3290. The molecule has 4 aliphatic heterocycles. The van der Waals surface area contributed by atoms with Gasteiger partial charge in [0, 0.05) is 105 Å². The topological polar surface area (TPSA) is 187 Å². The highest BCUT2D eigenvalue weighted by molar-refractivity contribution is 8.00. The predicted octanol–water partition coefficient (Wildman–Crippen LogP) is 7.04. The lowest BCUT2D eigenvalue weighted by atomic mass is 10.0. The Morgan fingerprint density at radius 2 is 1.17 bits per heavy atom. The zero-order chi connectivity index (χ0) is 51.1. The minimum atomic E-state index is -0.138. The van der Waals surface area contributed by atoms with Crippen molar-refractivity contribution >= 4 is 57.4 Å². The molecule has 17 nitrogen and oxygen atoms in total. The first-order valence-electron chi connectivity index (χ1n) is 26.1. The number of hydrogen-bond donors (Lipinski definition) is 4. The van der Waals surface area contributed by atoms with Crippen LogP contribution < -0.4 is 21.4 Å². The molecule has 4 aromatic carbocycles. The lowest BCUT2D eigenvalue weighted by Crippen LogP contribution is -2.49. The lowest BCUT2D eigenvalue weighted by molar-refractivity contribution is -0.133. The van der Waals surface area contributed by atoms with Crippen LogP contribution >= 0.6 is 23.4 Å². The molecule has 4 fully saturated rings. The summed E-state index contributed by atoms with van der Waals surface area (Å²) in [4.78, 5) is 45.1. The van der Waals surface area contributed by atoms with E-state index in [2.05, 4.69) is 58.3 Å². The van der Waals surface area contributed by atoms with Gasteiger partial charge in [0.05, 0.1) is 41.0 Å². The smallest absolute Gasteiger partial charge is 0.315 e. The Morgan fingerprint density at radius 1 is 0.613 bits per heavy atom. The molecule has 0 bridgehead atoms. The summed E-state index contributed by atoms with van der Waals surface area (Å²) in [6, 6.07) is 39.8. The monoisotopic (exact) mass is 1040 g/mol. The Balaban J connectivity index is 0.000000174. The number of benzene rings is 4. The van der Waals surface area contributed by atoms with Gasteiger partial charge in [0.15, 0.2) is 11.3 Å². The summed E-state index contributed by atoms with van der Waals surface area (Å²) in [5.41, 5.74) is 7.40. The van der Waals surface area contributed by atoms with Gasteiger partial charge < -0.3 is 20.9 Å². The SMILES string of the molecule is Clc1c(-c2ccccc2)nnc2c1c(-c1ccccc1)nn2CCN1CCNCC1.O=C1N[C@H]2[C@H](CS[C@H]2CCCCC(=O)N2CCN(CCn3nc(-c4ccccc4)c4c(=O)c(-c5ccccc5)n[nH]c43)CC2)N1. The molecule has 3 atom stereocenters. The first kappa shape index (κ1) is 50.2. The van der Waals surface area contributed by atoms with Crippen molar-refractivity contribution in [1.82, 2.24) is 70.6 Å². The molecule has 8 heterocycles. The van der Waals surface area contributed by atoms with Crippen LogP contribution in [-0.4, -0.2) is 155 Å². The van der Waals surface area contributed by atoms with Crippen molar-refractivity contribution < 1.29 is 9.59 Å². The van der Waals surface area contributed by atoms with Crippen LogP contribution in [0.3, 0.4) is 0 Å². The maximum atomic E-state index is 13.8. The van der Waals surface area contributed by atoms with Crippen molar-refractivity contribution in [2.24, 2.45) is 0 Å². The summed E-state index contributed by atoms with van der Waals surface area (Å²) >= 11 is 8.84. The van der Waals surface area contributed by atoms with Crippen LogP contribution in [0.4, 0.5) is 4.79 Å². The highest BCUT2D eigenvalue weighted by Gasteiger charge is 2.42. The number of halogens is 1. The summed E-state index contributed by atoms with van der Waals surface area (Å²) < 4.78 is 3.81. The van der Waals surface area contributed by atoms with E-state index in [1.807, 2.05) is 135 Å². The van der Waals surface area contributed by atoms with Gasteiger partial charge in [0.1, 0.15) is 22.8 Å². The first-order chi connectivity index (χ1) is 36.9. The standard InChI is InChI=1S/C33H38N8O3S.C23H23ClN6/c42-26(14-8-7-13-25-30-24(21-45-25)34-33(44)35-30)40-18-15-39(16-19-40)17-20-41-32-27(28(38-41)22-9-3-1-4-10-22)31(43)29(36-37-32)23-11-5-2-6-12-23;24-20-19-21(17-7-3-1-4-8-17)28-30(16-15-29-13-11-25-12-14-29)23(19)27-26-22(20)18-9-5-2-6-10-18/h1-6,9-12,24-25,30H,7-8,13-21H2,(H,37,43)(H2,34,35,44);1-10,25H,11-16H2/t24-,25-,30-;/m0./s1. The van der Waals surface area contributed by atoms with E-state index >= 15 is 0 Å². The largest absolute Gasteiger partial charge is 0.340 e. The fraction of sp³-hybridized carbons (Fsp3) is 0.357. The molecule has 4 saturated heterocycles. The summed E-state index contributed by atoms with van der Waals surface area (Å²) in [6.07, 6.45) is 3.47. The molecule has 0 saturated carbocycles. The number of unbranched alkanes of at least 4 members (excludes halogenated alkanes) is 1. The van der Waals surface area contributed by atoms with Crippen LogP contribution in [0.25, 0.3) is 67.1 Å². The van der Waals surface area contributed by atoms with Gasteiger partial charge in [-0.1, -0.05) is 139 Å². The average Bonchev–Trinajstić information content (AvgIpc) is 4.25. The van der Waals surface area contributed by atoms with E-state index in [4.69, 9.17) is 21.8 Å². The highest BCUT2D eigenvalue weighted by atomic mass is 35.5. The minimum absolute atomic E-state index is 0.0520. The molecule has 0 unspecified atom stereocenters. The fourth-order valence-electron chi connectivity index (χ4n) is 10.6. The second-order valence-electron chi connectivity index (χ2n) is 19.5. The molecule has 0 spiro atoms. The second kappa shape index (κ2) is 23.3. The number of carbonyl (C=O) groups excluding carboxylic acids is 2. The normalized spacial score (nSPS) is 18.9. The molecule has 12 rings (SSSR count). The van der Waals surface area contributed by atoms with Crippen molar-refractivity contribution in [3.8, 4) is 45.0 Å². The molecule has 4 aromatic heterocycles. The van der Waals surface area contributed by atoms with Gasteiger partial charge >= 0.3 is 6.03 Å². The van der Waals surface area contributed by atoms with Gasteiger partial charge in [-0.3, -0.25) is 24.5 Å². The van der Waals surface area contributed by atoms with Gasteiger partial charge in [0.25, 0.3) is 0 Å². The molecule has 4 aliphatic rings. The molecular formula is C56H61ClN14O3S. The van der Waals surface area contributed by atoms with E-state index < -0.39 is 0 Å². The number of nitrogens with zero attached hydrogens (tertiary/aromatic N) is 10. The first-order valence-corrected chi connectivity index (χ1v) is 27.5. The Hall–Kier alpha value is -6.96.